The third-order valence-electron chi connectivity index (χ3n) is 3.58. The summed E-state index contributed by atoms with van der Waals surface area (Å²) >= 11 is 0. The topological polar surface area (TPSA) is 92.2 Å². The second-order valence-corrected chi connectivity index (χ2v) is 5.38. The van der Waals surface area contributed by atoms with Gasteiger partial charge in [0.25, 0.3) is 5.91 Å². The fourth-order valence-corrected chi connectivity index (χ4v) is 2.21. The highest BCUT2D eigenvalue weighted by Gasteiger charge is 2.23. The molecule has 120 valence electrons. The van der Waals surface area contributed by atoms with E-state index < -0.39 is 17.9 Å². The van der Waals surface area contributed by atoms with Gasteiger partial charge in [0.1, 0.15) is 11.7 Å². The summed E-state index contributed by atoms with van der Waals surface area (Å²) < 4.78 is 0. The van der Waals surface area contributed by atoms with Gasteiger partial charge in [0, 0.05) is 6.42 Å². The van der Waals surface area contributed by atoms with Gasteiger partial charge in [0.15, 0.2) is 0 Å². The average Bonchev–Trinajstić information content (AvgIpc) is 2.51. The summed E-state index contributed by atoms with van der Waals surface area (Å²) in [5, 5.41) is 11.9. The quantitative estimate of drug-likeness (QED) is 0.878. The van der Waals surface area contributed by atoms with Crippen LogP contribution in [0.5, 0.6) is 0 Å². The van der Waals surface area contributed by atoms with Gasteiger partial charge in [0.05, 0.1) is 17.1 Å². The first kappa shape index (κ1) is 16.6. The molecule has 23 heavy (non-hydrogen) atoms. The van der Waals surface area contributed by atoms with E-state index in [1.165, 1.54) is 0 Å². The van der Waals surface area contributed by atoms with E-state index in [-0.39, 0.29) is 12.1 Å². The van der Waals surface area contributed by atoms with Crippen molar-refractivity contribution in [3.05, 3.63) is 58.7 Å². The van der Waals surface area contributed by atoms with Crippen LogP contribution >= 0.6 is 0 Å². The predicted molar refractivity (Wildman–Crippen MR) is 85.3 cm³/mol. The molecule has 0 aliphatic heterocycles. The van der Waals surface area contributed by atoms with Crippen LogP contribution in [0.3, 0.4) is 0 Å². The largest absolute Gasteiger partial charge is 0.480 e. The van der Waals surface area contributed by atoms with Gasteiger partial charge in [-0.2, -0.15) is 0 Å². The van der Waals surface area contributed by atoms with Crippen LogP contribution in [0.15, 0.2) is 30.3 Å². The van der Waals surface area contributed by atoms with Crippen molar-refractivity contribution in [3.63, 3.8) is 0 Å². The van der Waals surface area contributed by atoms with Crippen LogP contribution in [0.2, 0.25) is 0 Å². The lowest BCUT2D eigenvalue weighted by atomic mass is 10.1. The molecule has 2 aromatic rings. The number of aliphatic carboxylic acids is 1. The first-order valence-corrected chi connectivity index (χ1v) is 7.28. The van der Waals surface area contributed by atoms with Crippen molar-refractivity contribution in [1.82, 2.24) is 15.3 Å². The van der Waals surface area contributed by atoms with Gasteiger partial charge >= 0.3 is 5.97 Å². The van der Waals surface area contributed by atoms with Gasteiger partial charge in [-0.15, -0.1) is 0 Å². The number of rotatable bonds is 5. The maximum absolute atomic E-state index is 12.4. The lowest BCUT2D eigenvalue weighted by Gasteiger charge is -2.15. The molecule has 0 fully saturated rings. The molecule has 0 spiro atoms. The molecule has 0 aliphatic carbocycles. The Labute approximate surface area is 134 Å². The Balaban J connectivity index is 2.18. The van der Waals surface area contributed by atoms with Gasteiger partial charge in [-0.25, -0.2) is 9.78 Å². The number of carboxylic acids is 1. The molecule has 0 bridgehead atoms. The molecule has 2 N–H and O–H groups in total. The minimum Gasteiger partial charge on any atom is -0.480 e. The molecule has 0 saturated carbocycles. The Morgan fingerprint density at radius 3 is 2.26 bits per heavy atom. The van der Waals surface area contributed by atoms with E-state index in [1.54, 1.807) is 13.8 Å². The zero-order valence-corrected chi connectivity index (χ0v) is 13.3. The number of nitrogens with one attached hydrogen (secondary N) is 1. The summed E-state index contributed by atoms with van der Waals surface area (Å²) in [4.78, 5) is 32.3. The molecule has 0 unspecified atom stereocenters. The van der Waals surface area contributed by atoms with Crippen LogP contribution in [0.4, 0.5) is 0 Å². The molecule has 1 aromatic carbocycles. The van der Waals surface area contributed by atoms with Crippen molar-refractivity contribution in [2.75, 3.05) is 0 Å². The third-order valence-corrected chi connectivity index (χ3v) is 3.58. The van der Waals surface area contributed by atoms with E-state index >= 15 is 0 Å². The Morgan fingerprint density at radius 2 is 1.65 bits per heavy atom. The monoisotopic (exact) mass is 313 g/mol. The summed E-state index contributed by atoms with van der Waals surface area (Å²) in [6.45, 7) is 5.25. The van der Waals surface area contributed by atoms with Crippen LogP contribution in [0.1, 0.15) is 33.1 Å². The summed E-state index contributed by atoms with van der Waals surface area (Å²) in [5.41, 5.74) is 2.87. The number of nitrogens with zero attached hydrogens (tertiary/aromatic N) is 2. The molecule has 6 nitrogen and oxygen atoms in total. The molecule has 0 aliphatic rings. The summed E-state index contributed by atoms with van der Waals surface area (Å²) in [6, 6.07) is 8.13. The molecular formula is C17H19N3O3. The van der Waals surface area contributed by atoms with Crippen molar-refractivity contribution in [1.29, 1.82) is 0 Å². The lowest BCUT2D eigenvalue weighted by Crippen LogP contribution is -2.43. The number of hydrogen-bond donors (Lipinski definition) is 2. The Bertz CT molecular complexity index is 729. The lowest BCUT2D eigenvalue weighted by molar-refractivity contribution is -0.139. The van der Waals surface area contributed by atoms with Crippen molar-refractivity contribution in [3.8, 4) is 0 Å². The smallest absolute Gasteiger partial charge is 0.326 e. The van der Waals surface area contributed by atoms with E-state index in [4.69, 9.17) is 0 Å². The zero-order chi connectivity index (χ0) is 17.0. The molecule has 1 heterocycles. The second-order valence-electron chi connectivity index (χ2n) is 5.38. The molecular weight excluding hydrogens is 294 g/mol. The van der Waals surface area contributed by atoms with Gasteiger partial charge in [-0.1, -0.05) is 30.3 Å². The third kappa shape index (κ3) is 4.12. The summed E-state index contributed by atoms with van der Waals surface area (Å²) in [5.74, 6) is -1.61. The molecule has 0 saturated heterocycles. The number of hydrogen-bond acceptors (Lipinski definition) is 4. The first-order chi connectivity index (χ1) is 10.9. The van der Waals surface area contributed by atoms with Gasteiger partial charge in [-0.05, 0) is 26.3 Å². The fraction of sp³-hybridized carbons (Fsp3) is 0.294. The Hall–Kier alpha value is -2.76. The molecule has 6 heteroatoms. The first-order valence-electron chi connectivity index (χ1n) is 7.28. The van der Waals surface area contributed by atoms with Crippen LogP contribution in [0.25, 0.3) is 0 Å². The van der Waals surface area contributed by atoms with Gasteiger partial charge in [0.2, 0.25) is 0 Å². The van der Waals surface area contributed by atoms with Crippen LogP contribution in [-0.4, -0.2) is 33.0 Å². The summed E-state index contributed by atoms with van der Waals surface area (Å²) in [6.07, 6.45) is 0.208. The normalized spacial score (nSPS) is 11.8. The Kier molecular flexibility index (Phi) is 5.05. The van der Waals surface area contributed by atoms with Crippen LogP contribution < -0.4 is 5.32 Å². The van der Waals surface area contributed by atoms with Gasteiger partial charge in [-0.3, -0.25) is 9.78 Å². The molecule has 1 aromatic heterocycles. The maximum Gasteiger partial charge on any atom is 0.326 e. The van der Waals surface area contributed by atoms with E-state index in [2.05, 4.69) is 15.3 Å². The number of carboxylic acid groups (broad SMARTS) is 1. The maximum atomic E-state index is 12.4. The minimum absolute atomic E-state index is 0.160. The van der Waals surface area contributed by atoms with Crippen LogP contribution in [-0.2, 0) is 11.2 Å². The standard InChI is InChI=1S/C17H19N3O3/c1-10-11(2)19-15(12(3)18-10)16(21)20-14(17(22)23)9-13-7-5-4-6-8-13/h4-8,14H,9H2,1-3H3,(H,20,21)(H,22,23)/t14-/m1/s1. The Morgan fingerprint density at radius 1 is 1.04 bits per heavy atom. The predicted octanol–water partition coefficient (Wildman–Crippen LogP) is 1.83. The molecule has 1 amide bonds. The van der Waals surface area contributed by atoms with Crippen LogP contribution in [0, 0.1) is 20.8 Å². The SMILES string of the molecule is Cc1nc(C)c(C(=O)N[C@H](Cc2ccccc2)C(=O)O)nc1C. The fourth-order valence-electron chi connectivity index (χ4n) is 2.21. The number of aromatic nitrogens is 2. The number of aryl methyl sites for hydroxylation is 3. The van der Waals surface area contributed by atoms with Crippen molar-refractivity contribution < 1.29 is 14.7 Å². The van der Waals surface area contributed by atoms with Crippen molar-refractivity contribution >= 4 is 11.9 Å². The van der Waals surface area contributed by atoms with E-state index in [9.17, 15) is 14.7 Å². The molecule has 0 radical (unpaired) electrons. The highest BCUT2D eigenvalue weighted by atomic mass is 16.4. The number of carbonyl (C=O) groups excluding carboxylic acids is 1. The van der Waals surface area contributed by atoms with Crippen molar-refractivity contribution in [2.24, 2.45) is 0 Å². The number of amides is 1. The van der Waals surface area contributed by atoms with E-state index in [1.807, 2.05) is 37.3 Å². The van der Waals surface area contributed by atoms with E-state index in [0.717, 1.165) is 11.3 Å². The molecule has 1 atom stereocenters. The zero-order valence-electron chi connectivity index (χ0n) is 13.3. The summed E-state index contributed by atoms with van der Waals surface area (Å²) in [7, 11) is 0. The second kappa shape index (κ2) is 7.00. The highest BCUT2D eigenvalue weighted by Crippen LogP contribution is 2.09. The molecule has 2 rings (SSSR count). The number of carbonyl (C=O) groups is 2. The van der Waals surface area contributed by atoms with Gasteiger partial charge < -0.3 is 10.4 Å². The number of benzene rings is 1. The highest BCUT2D eigenvalue weighted by molar-refractivity contribution is 5.95. The average molecular weight is 313 g/mol. The van der Waals surface area contributed by atoms with Crippen molar-refractivity contribution in [2.45, 2.75) is 33.2 Å². The minimum atomic E-state index is -1.09. The van der Waals surface area contributed by atoms with E-state index in [0.29, 0.717) is 11.4 Å².